The van der Waals surface area contributed by atoms with Crippen LogP contribution in [0, 0.1) is 0 Å². The summed E-state index contributed by atoms with van der Waals surface area (Å²) in [7, 11) is -3.67. The molecule has 0 aliphatic carbocycles. The van der Waals surface area contributed by atoms with Crippen molar-refractivity contribution in [2.24, 2.45) is 0 Å². The first-order valence-electron chi connectivity index (χ1n) is 5.90. The zero-order chi connectivity index (χ0) is 15.5. The van der Waals surface area contributed by atoms with E-state index in [4.69, 9.17) is 11.6 Å². The van der Waals surface area contributed by atoms with Crippen LogP contribution in [-0.4, -0.2) is 19.5 Å². The molecule has 2 rings (SSSR count). The summed E-state index contributed by atoms with van der Waals surface area (Å²) in [5, 5.41) is 0.689. The Kier molecular flexibility index (Phi) is 5.03. The average Bonchev–Trinajstić information content (AvgIpc) is 2.47. The minimum atomic E-state index is -3.67. The molecular formula is C14H11BrClNO3S. The Hall–Kier alpha value is -1.37. The molecule has 0 atom stereocenters. The lowest BCUT2D eigenvalue weighted by molar-refractivity contribution is 0.102. The molecule has 0 spiro atoms. The van der Waals surface area contributed by atoms with Crippen molar-refractivity contribution >= 4 is 49.0 Å². The van der Waals surface area contributed by atoms with E-state index >= 15 is 0 Å². The van der Waals surface area contributed by atoms with Crippen LogP contribution >= 0.6 is 27.5 Å². The summed E-state index contributed by atoms with van der Waals surface area (Å²) in [4.78, 5) is 11.6. The summed E-state index contributed by atoms with van der Waals surface area (Å²) in [6.07, 6.45) is 0. The molecule has 2 aromatic carbocycles. The van der Waals surface area contributed by atoms with Crippen LogP contribution in [0.3, 0.4) is 0 Å². The molecule has 0 aliphatic rings. The molecular weight excluding hydrogens is 378 g/mol. The maximum absolute atomic E-state index is 12.2. The van der Waals surface area contributed by atoms with Crippen LogP contribution in [0.4, 0.5) is 5.69 Å². The maximum Gasteiger partial charge on any atom is 0.261 e. The van der Waals surface area contributed by atoms with Crippen LogP contribution < -0.4 is 4.72 Å². The van der Waals surface area contributed by atoms with Crippen LogP contribution in [0.25, 0.3) is 0 Å². The first-order valence-corrected chi connectivity index (χ1v) is 8.88. The quantitative estimate of drug-likeness (QED) is 0.627. The Balaban J connectivity index is 2.20. The van der Waals surface area contributed by atoms with Gasteiger partial charge in [0.05, 0.1) is 10.2 Å². The van der Waals surface area contributed by atoms with Crippen molar-refractivity contribution in [1.29, 1.82) is 0 Å². The number of ketones is 1. The average molecular weight is 389 g/mol. The summed E-state index contributed by atoms with van der Waals surface area (Å²) < 4.78 is 26.8. The molecule has 1 N–H and O–H groups in total. The molecule has 7 heteroatoms. The van der Waals surface area contributed by atoms with Gasteiger partial charge in [0.2, 0.25) is 0 Å². The number of Topliss-reactive ketones (excluding diaryl/α,β-unsaturated/α-hetero) is 1. The van der Waals surface area contributed by atoms with Gasteiger partial charge in [-0.2, -0.15) is 0 Å². The van der Waals surface area contributed by atoms with Gasteiger partial charge in [0, 0.05) is 16.3 Å². The topological polar surface area (TPSA) is 63.2 Å². The largest absolute Gasteiger partial charge is 0.293 e. The van der Waals surface area contributed by atoms with E-state index < -0.39 is 10.0 Å². The second-order valence-electron chi connectivity index (χ2n) is 4.19. The highest BCUT2D eigenvalue weighted by molar-refractivity contribution is 9.09. The van der Waals surface area contributed by atoms with Crippen molar-refractivity contribution in [3.8, 4) is 0 Å². The molecule has 4 nitrogen and oxygen atoms in total. The lowest BCUT2D eigenvalue weighted by Gasteiger charge is -2.08. The third-order valence-corrected chi connectivity index (χ3v) is 4.86. The molecule has 0 aromatic heterocycles. The SMILES string of the molecule is O=C(CBr)c1ccc(NS(=O)(=O)c2ccc(Cl)cc2)cc1. The Morgan fingerprint density at radius 3 is 2.14 bits per heavy atom. The molecule has 0 aliphatic heterocycles. The molecule has 0 saturated heterocycles. The molecule has 0 saturated carbocycles. The van der Waals surface area contributed by atoms with E-state index in [1.807, 2.05) is 0 Å². The number of sulfonamides is 1. The van der Waals surface area contributed by atoms with Gasteiger partial charge in [-0.3, -0.25) is 9.52 Å². The first kappa shape index (κ1) is 16.0. The third kappa shape index (κ3) is 4.06. The number of halogens is 2. The van der Waals surface area contributed by atoms with E-state index in [1.54, 1.807) is 24.3 Å². The molecule has 2 aromatic rings. The molecule has 0 heterocycles. The summed E-state index contributed by atoms with van der Waals surface area (Å²) in [6, 6.07) is 12.1. The van der Waals surface area contributed by atoms with Gasteiger partial charge in [0.15, 0.2) is 5.78 Å². The number of anilines is 1. The van der Waals surface area contributed by atoms with Crippen molar-refractivity contribution < 1.29 is 13.2 Å². The Morgan fingerprint density at radius 2 is 1.62 bits per heavy atom. The van der Waals surface area contributed by atoms with E-state index in [-0.39, 0.29) is 16.0 Å². The summed E-state index contributed by atoms with van der Waals surface area (Å²) in [5.74, 6) is -0.0675. The number of hydrogen-bond donors (Lipinski definition) is 1. The van der Waals surface area contributed by atoms with Crippen molar-refractivity contribution in [3.63, 3.8) is 0 Å². The molecule has 0 amide bonds. The fourth-order valence-corrected chi connectivity index (χ4v) is 3.14. The maximum atomic E-state index is 12.2. The summed E-state index contributed by atoms with van der Waals surface area (Å²) in [5.41, 5.74) is 0.900. The standard InChI is InChI=1S/C14H11BrClNO3S/c15-9-14(18)10-1-5-12(6-2-10)17-21(19,20)13-7-3-11(16)4-8-13/h1-8,17H,9H2. The molecule has 0 radical (unpaired) electrons. The van der Waals surface area contributed by atoms with Crippen LogP contribution in [-0.2, 0) is 10.0 Å². The van der Waals surface area contributed by atoms with E-state index in [1.165, 1.54) is 24.3 Å². The number of hydrogen-bond acceptors (Lipinski definition) is 3. The van der Waals surface area contributed by atoms with Gasteiger partial charge >= 0.3 is 0 Å². The highest BCUT2D eigenvalue weighted by Gasteiger charge is 2.14. The Bertz CT molecular complexity index is 743. The van der Waals surface area contributed by atoms with Gasteiger partial charge in [0.1, 0.15) is 0 Å². The first-order chi connectivity index (χ1) is 9.92. The zero-order valence-corrected chi connectivity index (χ0v) is 13.9. The van der Waals surface area contributed by atoms with Crippen molar-refractivity contribution in [3.05, 3.63) is 59.1 Å². The summed E-state index contributed by atoms with van der Waals surface area (Å²) >= 11 is 8.82. The number of benzene rings is 2. The van der Waals surface area contributed by atoms with E-state index in [0.717, 1.165) is 0 Å². The number of alkyl halides is 1. The van der Waals surface area contributed by atoms with E-state index in [0.29, 0.717) is 16.3 Å². The van der Waals surface area contributed by atoms with Gasteiger partial charge < -0.3 is 0 Å². The highest BCUT2D eigenvalue weighted by Crippen LogP contribution is 2.19. The molecule has 0 bridgehead atoms. The minimum absolute atomic E-state index is 0.0675. The van der Waals surface area contributed by atoms with Crippen molar-refractivity contribution in [2.75, 3.05) is 10.1 Å². The van der Waals surface area contributed by atoms with Crippen molar-refractivity contribution in [2.45, 2.75) is 4.90 Å². The van der Waals surface area contributed by atoms with E-state index in [9.17, 15) is 13.2 Å². The third-order valence-electron chi connectivity index (χ3n) is 2.70. The molecule has 0 fully saturated rings. The van der Waals surface area contributed by atoms with Gasteiger partial charge in [-0.25, -0.2) is 8.42 Å². The second kappa shape index (κ2) is 6.60. The number of nitrogens with one attached hydrogen (secondary N) is 1. The Morgan fingerprint density at radius 1 is 1.05 bits per heavy atom. The zero-order valence-electron chi connectivity index (χ0n) is 10.7. The molecule has 0 unspecified atom stereocenters. The molecule has 21 heavy (non-hydrogen) atoms. The lowest BCUT2D eigenvalue weighted by atomic mass is 10.1. The van der Waals surface area contributed by atoms with Gasteiger partial charge in [-0.1, -0.05) is 27.5 Å². The van der Waals surface area contributed by atoms with Gasteiger partial charge in [-0.15, -0.1) is 0 Å². The van der Waals surface area contributed by atoms with Crippen LogP contribution in [0.2, 0.25) is 5.02 Å². The smallest absolute Gasteiger partial charge is 0.261 e. The fourth-order valence-electron chi connectivity index (χ4n) is 1.63. The number of carbonyl (C=O) groups excluding carboxylic acids is 1. The van der Waals surface area contributed by atoms with Gasteiger partial charge in [-0.05, 0) is 48.5 Å². The second-order valence-corrected chi connectivity index (χ2v) is 6.87. The fraction of sp³-hybridized carbons (Fsp3) is 0.0714. The monoisotopic (exact) mass is 387 g/mol. The summed E-state index contributed by atoms with van der Waals surface area (Å²) in [6.45, 7) is 0. The minimum Gasteiger partial charge on any atom is -0.293 e. The van der Waals surface area contributed by atoms with Crippen LogP contribution in [0.5, 0.6) is 0 Å². The normalized spacial score (nSPS) is 11.1. The predicted octanol–water partition coefficient (Wildman–Crippen LogP) is 3.72. The lowest BCUT2D eigenvalue weighted by Crippen LogP contribution is -2.13. The predicted molar refractivity (Wildman–Crippen MR) is 86.8 cm³/mol. The molecule has 110 valence electrons. The van der Waals surface area contributed by atoms with Gasteiger partial charge in [0.25, 0.3) is 10.0 Å². The van der Waals surface area contributed by atoms with Crippen LogP contribution in [0.1, 0.15) is 10.4 Å². The Labute approximate surface area is 136 Å². The number of rotatable bonds is 5. The number of carbonyl (C=O) groups is 1. The highest BCUT2D eigenvalue weighted by atomic mass is 79.9. The van der Waals surface area contributed by atoms with Crippen LogP contribution in [0.15, 0.2) is 53.4 Å². The van der Waals surface area contributed by atoms with Crippen molar-refractivity contribution in [1.82, 2.24) is 0 Å². The van der Waals surface area contributed by atoms with E-state index in [2.05, 4.69) is 20.7 Å².